The van der Waals surface area contributed by atoms with E-state index in [1.807, 2.05) is 11.3 Å². The second kappa shape index (κ2) is 11.2. The lowest BCUT2D eigenvalue weighted by atomic mass is 9.98. The molecule has 230 valence electrons. The van der Waals surface area contributed by atoms with Crippen molar-refractivity contribution in [1.29, 1.82) is 0 Å². The van der Waals surface area contributed by atoms with Crippen LogP contribution in [-0.2, 0) is 0 Å². The zero-order valence-corrected chi connectivity index (χ0v) is 27.3. The number of hydrogen-bond acceptors (Lipinski definition) is 3. The van der Waals surface area contributed by atoms with E-state index in [2.05, 4.69) is 181 Å². The van der Waals surface area contributed by atoms with E-state index in [0.717, 1.165) is 39.0 Å². The Morgan fingerprint density at radius 1 is 0.367 bits per heavy atom. The maximum Gasteiger partial charge on any atom is 0.135 e. The zero-order valence-electron chi connectivity index (χ0n) is 26.5. The molecule has 0 aliphatic rings. The third-order valence-corrected chi connectivity index (χ3v) is 10.8. The molecule has 2 heterocycles. The van der Waals surface area contributed by atoms with Crippen LogP contribution >= 0.6 is 11.3 Å². The molecule has 0 saturated carbocycles. The highest BCUT2D eigenvalue weighted by molar-refractivity contribution is 7.25. The monoisotopic (exact) mass is 643 g/mol. The van der Waals surface area contributed by atoms with Crippen molar-refractivity contribution in [3.8, 4) is 22.3 Å². The molecule has 0 saturated heterocycles. The van der Waals surface area contributed by atoms with Crippen LogP contribution in [0.25, 0.3) is 75.1 Å². The molecule has 0 N–H and O–H groups in total. The van der Waals surface area contributed by atoms with Crippen LogP contribution in [-0.4, -0.2) is 0 Å². The predicted molar refractivity (Wildman–Crippen MR) is 210 cm³/mol. The molecule has 0 radical (unpaired) electrons. The number of hydrogen-bond donors (Lipinski definition) is 0. The largest absolute Gasteiger partial charge is 0.456 e. The first-order chi connectivity index (χ1) is 24.3. The Labute approximate surface area is 287 Å². The summed E-state index contributed by atoms with van der Waals surface area (Å²) in [6.07, 6.45) is 0. The first kappa shape index (κ1) is 27.9. The number of thiophene rings is 1. The van der Waals surface area contributed by atoms with Gasteiger partial charge in [-0.2, -0.15) is 0 Å². The standard InChI is InChI=1S/C46H29NOS/c1-2-11-34(12-3-1)47(35-21-17-31(18-22-35)38-15-8-10-30-9-4-5-13-37(30)38)36-23-25-44-41(29-36)40-27-32(19-24-43(40)48-44)33-20-26-46-42(28-33)39-14-6-7-16-45(39)49-46/h1-29H. The third kappa shape index (κ3) is 4.70. The first-order valence-electron chi connectivity index (χ1n) is 16.6. The van der Waals surface area contributed by atoms with Crippen LogP contribution in [0.5, 0.6) is 0 Å². The van der Waals surface area contributed by atoms with Crippen molar-refractivity contribution in [3.05, 3.63) is 176 Å². The number of anilines is 3. The van der Waals surface area contributed by atoms with Gasteiger partial charge >= 0.3 is 0 Å². The minimum absolute atomic E-state index is 0.884. The van der Waals surface area contributed by atoms with E-state index in [4.69, 9.17) is 4.42 Å². The average Bonchev–Trinajstić information content (AvgIpc) is 3.73. The summed E-state index contributed by atoms with van der Waals surface area (Å²) in [4.78, 5) is 2.32. The molecule has 0 unspecified atom stereocenters. The molecule has 8 aromatic carbocycles. The molecule has 0 atom stereocenters. The fraction of sp³-hybridized carbons (Fsp3) is 0. The van der Waals surface area contributed by atoms with Crippen LogP contribution in [0.2, 0.25) is 0 Å². The van der Waals surface area contributed by atoms with Gasteiger partial charge in [-0.15, -0.1) is 11.3 Å². The van der Waals surface area contributed by atoms with E-state index in [1.165, 1.54) is 53.2 Å². The predicted octanol–water partition coefficient (Wildman–Crippen LogP) is 13.9. The molecule has 0 bridgehead atoms. The molecule has 0 aliphatic carbocycles. The van der Waals surface area contributed by atoms with Crippen LogP contribution in [0.3, 0.4) is 0 Å². The highest BCUT2D eigenvalue weighted by Crippen LogP contribution is 2.41. The lowest BCUT2D eigenvalue weighted by Crippen LogP contribution is -2.09. The zero-order chi connectivity index (χ0) is 32.3. The van der Waals surface area contributed by atoms with Gasteiger partial charge in [0.25, 0.3) is 0 Å². The third-order valence-electron chi connectivity index (χ3n) is 9.66. The van der Waals surface area contributed by atoms with Gasteiger partial charge in [0.1, 0.15) is 11.2 Å². The van der Waals surface area contributed by atoms with Crippen molar-refractivity contribution in [2.45, 2.75) is 0 Å². The molecule has 2 nitrogen and oxygen atoms in total. The Kier molecular flexibility index (Phi) is 6.39. The molecule has 0 fully saturated rings. The first-order valence-corrected chi connectivity index (χ1v) is 17.4. The highest BCUT2D eigenvalue weighted by atomic mass is 32.1. The number of furan rings is 1. The summed E-state index contributed by atoms with van der Waals surface area (Å²) >= 11 is 1.85. The number of fused-ring (bicyclic) bond motifs is 7. The van der Waals surface area contributed by atoms with Gasteiger partial charge in [-0.05, 0) is 106 Å². The smallest absolute Gasteiger partial charge is 0.135 e. The van der Waals surface area contributed by atoms with E-state index < -0.39 is 0 Å². The Morgan fingerprint density at radius 3 is 1.82 bits per heavy atom. The summed E-state index contributed by atoms with van der Waals surface area (Å²) in [5.41, 5.74) is 9.88. The summed E-state index contributed by atoms with van der Waals surface area (Å²) in [6, 6.07) is 63.2. The molecule has 0 amide bonds. The SMILES string of the molecule is c1ccc(N(c2ccc(-c3cccc4ccccc34)cc2)c2ccc3oc4ccc(-c5ccc6sc7ccccc7c6c5)cc4c3c2)cc1. The fourth-order valence-corrected chi connectivity index (χ4v) is 8.37. The quantitative estimate of drug-likeness (QED) is 0.186. The van der Waals surface area contributed by atoms with Gasteiger partial charge < -0.3 is 9.32 Å². The fourth-order valence-electron chi connectivity index (χ4n) is 7.28. The molecule has 3 heteroatoms. The topological polar surface area (TPSA) is 16.4 Å². The molecule has 0 spiro atoms. The summed E-state index contributed by atoms with van der Waals surface area (Å²) in [7, 11) is 0. The Bertz CT molecular complexity index is 2820. The van der Waals surface area contributed by atoms with E-state index in [0.29, 0.717) is 0 Å². The molecular weight excluding hydrogens is 615 g/mol. The minimum Gasteiger partial charge on any atom is -0.456 e. The van der Waals surface area contributed by atoms with Crippen molar-refractivity contribution < 1.29 is 4.42 Å². The summed E-state index contributed by atoms with van der Waals surface area (Å²) in [5, 5.41) is 7.35. The van der Waals surface area contributed by atoms with Crippen LogP contribution in [0.15, 0.2) is 180 Å². The number of para-hydroxylation sites is 1. The van der Waals surface area contributed by atoms with Gasteiger partial charge in [-0.3, -0.25) is 0 Å². The van der Waals surface area contributed by atoms with Crippen molar-refractivity contribution in [2.24, 2.45) is 0 Å². The van der Waals surface area contributed by atoms with Gasteiger partial charge in [0.2, 0.25) is 0 Å². The van der Waals surface area contributed by atoms with E-state index >= 15 is 0 Å². The van der Waals surface area contributed by atoms with E-state index in [9.17, 15) is 0 Å². The average molecular weight is 644 g/mol. The van der Waals surface area contributed by atoms with Crippen LogP contribution in [0.1, 0.15) is 0 Å². The molecule has 0 aliphatic heterocycles. The lowest BCUT2D eigenvalue weighted by molar-refractivity contribution is 0.669. The van der Waals surface area contributed by atoms with E-state index in [1.54, 1.807) is 0 Å². The van der Waals surface area contributed by atoms with Gasteiger partial charge in [0.15, 0.2) is 0 Å². The van der Waals surface area contributed by atoms with Gasteiger partial charge in [0, 0.05) is 48.0 Å². The van der Waals surface area contributed by atoms with E-state index in [-0.39, 0.29) is 0 Å². The van der Waals surface area contributed by atoms with Crippen molar-refractivity contribution in [1.82, 2.24) is 0 Å². The lowest BCUT2D eigenvalue weighted by Gasteiger charge is -2.25. The minimum atomic E-state index is 0.884. The summed E-state index contributed by atoms with van der Waals surface area (Å²) in [5.74, 6) is 0. The maximum atomic E-state index is 6.39. The van der Waals surface area contributed by atoms with Gasteiger partial charge in [0.05, 0.1) is 0 Å². The maximum absolute atomic E-state index is 6.39. The summed E-state index contributed by atoms with van der Waals surface area (Å²) < 4.78 is 9.03. The normalized spacial score (nSPS) is 11.7. The highest BCUT2D eigenvalue weighted by Gasteiger charge is 2.17. The Morgan fingerprint density at radius 2 is 0.959 bits per heavy atom. The molecular formula is C46H29NOS. The van der Waals surface area contributed by atoms with Crippen LogP contribution in [0, 0.1) is 0 Å². The Hall–Kier alpha value is -6.16. The van der Waals surface area contributed by atoms with Crippen molar-refractivity contribution in [3.63, 3.8) is 0 Å². The number of benzene rings is 8. The van der Waals surface area contributed by atoms with Crippen molar-refractivity contribution >= 4 is 81.3 Å². The molecule has 2 aromatic heterocycles. The summed E-state index contributed by atoms with van der Waals surface area (Å²) in [6.45, 7) is 0. The van der Waals surface area contributed by atoms with Crippen LogP contribution in [0.4, 0.5) is 17.1 Å². The second-order valence-corrected chi connectivity index (χ2v) is 13.6. The van der Waals surface area contributed by atoms with Gasteiger partial charge in [-0.1, -0.05) is 103 Å². The molecule has 10 aromatic rings. The number of rotatable bonds is 5. The van der Waals surface area contributed by atoms with Gasteiger partial charge in [-0.25, -0.2) is 0 Å². The van der Waals surface area contributed by atoms with Crippen LogP contribution < -0.4 is 4.90 Å². The second-order valence-electron chi connectivity index (χ2n) is 12.5. The Balaban J connectivity index is 1.08. The van der Waals surface area contributed by atoms with Crippen molar-refractivity contribution in [2.75, 3.05) is 4.90 Å². The molecule has 10 rings (SSSR count). The number of nitrogens with zero attached hydrogens (tertiary/aromatic N) is 1. The molecule has 49 heavy (non-hydrogen) atoms.